The van der Waals surface area contributed by atoms with E-state index in [2.05, 4.69) is 9.97 Å². The van der Waals surface area contributed by atoms with E-state index in [9.17, 15) is 9.59 Å². The number of fused-ring (bicyclic) bond motifs is 1. The second-order valence-corrected chi connectivity index (χ2v) is 8.11. The van der Waals surface area contributed by atoms with Crippen molar-refractivity contribution in [2.75, 3.05) is 35.4 Å². The Balaban J connectivity index is 1.87. The van der Waals surface area contributed by atoms with E-state index >= 15 is 0 Å². The molecular formula is C26H26N4O5. The third-order valence-corrected chi connectivity index (χ3v) is 5.66. The fraction of sp³-hybridized carbons (Fsp3) is 0.231. The molecule has 4 rings (SSSR count). The fourth-order valence-corrected chi connectivity index (χ4v) is 3.87. The zero-order valence-corrected chi connectivity index (χ0v) is 20.4. The number of nitrogens with one attached hydrogen (secondary N) is 1. The van der Waals surface area contributed by atoms with Crippen LogP contribution in [0.5, 0.6) is 17.2 Å². The van der Waals surface area contributed by atoms with Crippen LogP contribution in [-0.2, 0) is 0 Å². The van der Waals surface area contributed by atoms with E-state index in [4.69, 9.17) is 19.2 Å². The average Bonchev–Trinajstić information content (AvgIpc) is 2.86. The number of hydrogen-bond acceptors (Lipinski definition) is 7. The first-order chi connectivity index (χ1) is 16.8. The fourth-order valence-electron chi connectivity index (χ4n) is 3.87. The molecule has 0 fully saturated rings. The van der Waals surface area contributed by atoms with Crippen molar-refractivity contribution in [3.63, 3.8) is 0 Å². The van der Waals surface area contributed by atoms with Crippen molar-refractivity contribution in [3.05, 3.63) is 63.9 Å². The molecule has 1 N–H and O–H groups in total. The normalized spacial score (nSPS) is 10.8. The number of ether oxygens (including phenoxy) is 3. The zero-order valence-electron chi connectivity index (χ0n) is 20.4. The summed E-state index contributed by atoms with van der Waals surface area (Å²) in [6.07, 6.45) is 0. The zero-order chi connectivity index (χ0) is 25.3. The first kappa shape index (κ1) is 23.7. The monoisotopic (exact) mass is 474 g/mol. The second-order valence-electron chi connectivity index (χ2n) is 8.11. The van der Waals surface area contributed by atoms with Gasteiger partial charge in [-0.2, -0.15) is 0 Å². The standard InChI is InChI=1S/C26H26N4O5/c1-14-11-15(26(32)30(2)3)7-8-17(14)23-20(34-5)10-9-18(27-23)24-28-19-12-16(33-4)13-21(35-6)22(19)25(31)29-24/h7-13H,1-6H3,(H,28,29,31). The second kappa shape index (κ2) is 9.46. The molecule has 0 spiro atoms. The predicted molar refractivity (Wildman–Crippen MR) is 133 cm³/mol. The SMILES string of the molecule is COc1cc(OC)c2c(=O)[nH]c(-c3ccc(OC)c(-c4ccc(C(=O)N(C)C)cc4C)n3)nc2c1. The highest BCUT2D eigenvalue weighted by Crippen LogP contribution is 2.34. The number of amides is 1. The summed E-state index contributed by atoms with van der Waals surface area (Å²) in [5, 5.41) is 0.322. The lowest BCUT2D eigenvalue weighted by atomic mass is 10.0. The van der Waals surface area contributed by atoms with E-state index in [1.165, 1.54) is 19.1 Å². The summed E-state index contributed by atoms with van der Waals surface area (Å²) in [6, 6.07) is 12.2. The highest BCUT2D eigenvalue weighted by molar-refractivity contribution is 5.95. The molecule has 0 unspecified atom stereocenters. The van der Waals surface area contributed by atoms with Crippen molar-refractivity contribution < 1.29 is 19.0 Å². The van der Waals surface area contributed by atoms with E-state index < -0.39 is 0 Å². The number of hydrogen-bond donors (Lipinski definition) is 1. The summed E-state index contributed by atoms with van der Waals surface area (Å²) >= 11 is 0. The van der Waals surface area contributed by atoms with Gasteiger partial charge in [0.1, 0.15) is 34.0 Å². The van der Waals surface area contributed by atoms with E-state index in [-0.39, 0.29) is 11.5 Å². The number of aromatic nitrogens is 3. The van der Waals surface area contributed by atoms with Gasteiger partial charge in [-0.05, 0) is 36.8 Å². The van der Waals surface area contributed by atoms with Crippen LogP contribution in [0.3, 0.4) is 0 Å². The van der Waals surface area contributed by atoms with Crippen LogP contribution in [0.15, 0.2) is 47.3 Å². The Morgan fingerprint density at radius 1 is 0.914 bits per heavy atom. The molecule has 0 saturated heterocycles. The minimum Gasteiger partial charge on any atom is -0.497 e. The summed E-state index contributed by atoms with van der Waals surface area (Å²) in [5.41, 5.74) is 3.32. The Kier molecular flexibility index (Phi) is 6.42. The van der Waals surface area contributed by atoms with E-state index in [1.807, 2.05) is 19.1 Å². The highest BCUT2D eigenvalue weighted by atomic mass is 16.5. The summed E-state index contributed by atoms with van der Waals surface area (Å²) < 4.78 is 16.2. The number of pyridine rings is 1. The molecule has 180 valence electrons. The van der Waals surface area contributed by atoms with Crippen molar-refractivity contribution in [2.45, 2.75) is 6.92 Å². The largest absolute Gasteiger partial charge is 0.497 e. The molecule has 2 aromatic heterocycles. The summed E-state index contributed by atoms with van der Waals surface area (Å²) in [6.45, 7) is 1.91. The number of rotatable bonds is 6. The van der Waals surface area contributed by atoms with Crippen LogP contribution in [0.1, 0.15) is 15.9 Å². The Morgan fingerprint density at radius 2 is 1.66 bits per heavy atom. The molecule has 4 aromatic rings. The van der Waals surface area contributed by atoms with Crippen molar-refractivity contribution in [1.82, 2.24) is 19.9 Å². The van der Waals surface area contributed by atoms with Crippen LogP contribution in [0.4, 0.5) is 0 Å². The molecule has 9 heteroatoms. The van der Waals surface area contributed by atoms with Crippen LogP contribution in [0.2, 0.25) is 0 Å². The van der Waals surface area contributed by atoms with Gasteiger partial charge in [0.05, 0.1) is 26.8 Å². The van der Waals surface area contributed by atoms with E-state index in [1.54, 1.807) is 51.5 Å². The molecule has 2 heterocycles. The van der Waals surface area contributed by atoms with Gasteiger partial charge in [-0.3, -0.25) is 9.59 Å². The number of carbonyl (C=O) groups is 1. The Labute approximate surface area is 202 Å². The maximum Gasteiger partial charge on any atom is 0.262 e. The lowest BCUT2D eigenvalue weighted by Crippen LogP contribution is -2.21. The molecule has 0 atom stereocenters. The first-order valence-corrected chi connectivity index (χ1v) is 10.8. The number of methoxy groups -OCH3 is 3. The maximum absolute atomic E-state index is 12.9. The van der Waals surface area contributed by atoms with Gasteiger partial charge < -0.3 is 24.1 Å². The Bertz CT molecular complexity index is 1490. The van der Waals surface area contributed by atoms with Gasteiger partial charge >= 0.3 is 0 Å². The van der Waals surface area contributed by atoms with E-state index in [0.29, 0.717) is 50.9 Å². The smallest absolute Gasteiger partial charge is 0.262 e. The lowest BCUT2D eigenvalue weighted by Gasteiger charge is -2.15. The van der Waals surface area contributed by atoms with Gasteiger partial charge in [-0.25, -0.2) is 9.97 Å². The van der Waals surface area contributed by atoms with Gasteiger partial charge in [0.25, 0.3) is 11.5 Å². The van der Waals surface area contributed by atoms with Crippen LogP contribution >= 0.6 is 0 Å². The topological polar surface area (TPSA) is 107 Å². The number of benzene rings is 2. The van der Waals surface area contributed by atoms with Crippen molar-refractivity contribution >= 4 is 16.8 Å². The van der Waals surface area contributed by atoms with Gasteiger partial charge in [0.2, 0.25) is 0 Å². The molecule has 0 aliphatic carbocycles. The molecule has 2 aromatic carbocycles. The van der Waals surface area contributed by atoms with Crippen LogP contribution in [0, 0.1) is 6.92 Å². The summed E-state index contributed by atoms with van der Waals surface area (Å²) in [7, 11) is 8.00. The maximum atomic E-state index is 12.9. The molecule has 0 saturated carbocycles. The van der Waals surface area contributed by atoms with Crippen molar-refractivity contribution in [3.8, 4) is 40.0 Å². The van der Waals surface area contributed by atoms with Gasteiger partial charge in [0.15, 0.2) is 5.82 Å². The molecule has 1 amide bonds. The average molecular weight is 475 g/mol. The molecule has 0 aliphatic rings. The summed E-state index contributed by atoms with van der Waals surface area (Å²) in [5.74, 6) is 1.64. The van der Waals surface area contributed by atoms with Crippen LogP contribution in [-0.4, -0.2) is 61.2 Å². The minimum absolute atomic E-state index is 0.0860. The van der Waals surface area contributed by atoms with Gasteiger partial charge in [0, 0.05) is 37.4 Å². The number of aryl methyl sites for hydroxylation is 1. The Hall–Kier alpha value is -4.40. The van der Waals surface area contributed by atoms with Crippen LogP contribution in [0.25, 0.3) is 33.7 Å². The number of H-pyrrole nitrogens is 1. The predicted octanol–water partition coefficient (Wildman–Crippen LogP) is 3.69. The Morgan fingerprint density at radius 3 is 2.29 bits per heavy atom. The molecule has 35 heavy (non-hydrogen) atoms. The number of carbonyl (C=O) groups excluding carboxylic acids is 1. The summed E-state index contributed by atoms with van der Waals surface area (Å²) in [4.78, 5) is 39.0. The van der Waals surface area contributed by atoms with Crippen LogP contribution < -0.4 is 19.8 Å². The van der Waals surface area contributed by atoms with Gasteiger partial charge in [-0.1, -0.05) is 6.07 Å². The number of aromatic amines is 1. The molecule has 0 bridgehead atoms. The molecule has 0 radical (unpaired) electrons. The minimum atomic E-state index is -0.355. The lowest BCUT2D eigenvalue weighted by molar-refractivity contribution is 0.0827. The highest BCUT2D eigenvalue weighted by Gasteiger charge is 2.18. The quantitative estimate of drug-likeness (QED) is 0.454. The van der Waals surface area contributed by atoms with Crippen molar-refractivity contribution in [1.29, 1.82) is 0 Å². The first-order valence-electron chi connectivity index (χ1n) is 10.8. The van der Waals surface area contributed by atoms with E-state index in [0.717, 1.165) is 11.1 Å². The van der Waals surface area contributed by atoms with Gasteiger partial charge in [-0.15, -0.1) is 0 Å². The molecular weight excluding hydrogens is 448 g/mol. The number of nitrogens with zero attached hydrogens (tertiary/aromatic N) is 3. The third-order valence-electron chi connectivity index (χ3n) is 5.66. The third kappa shape index (κ3) is 4.40. The molecule has 9 nitrogen and oxygen atoms in total. The van der Waals surface area contributed by atoms with Crippen molar-refractivity contribution in [2.24, 2.45) is 0 Å². The molecule has 0 aliphatic heterocycles.